The van der Waals surface area contributed by atoms with Gasteiger partial charge in [-0.15, -0.1) is 0 Å². The van der Waals surface area contributed by atoms with E-state index in [-0.39, 0.29) is 0 Å². The fraction of sp³-hybridized carbons (Fsp3) is 0.500. The molecular weight excluding hydrogens is 295 g/mol. The fourth-order valence-electron chi connectivity index (χ4n) is 2.36. The van der Waals surface area contributed by atoms with Gasteiger partial charge in [-0.25, -0.2) is 0 Å². The molecule has 3 rings (SSSR count). The molecule has 1 saturated heterocycles. The zero-order chi connectivity index (χ0) is 12.3. The Morgan fingerprint density at radius 3 is 2.35 bits per heavy atom. The molecule has 1 saturated carbocycles. The highest BCUT2D eigenvalue weighted by Crippen LogP contribution is 2.54. The molecule has 1 heterocycles. The number of hydrogen-bond acceptors (Lipinski definition) is 1. The third-order valence-corrected chi connectivity index (χ3v) is 4.29. The summed E-state index contributed by atoms with van der Waals surface area (Å²) in [4.78, 5) is 2.02. The van der Waals surface area contributed by atoms with Crippen LogP contribution in [0.15, 0.2) is 22.7 Å². The largest absolute Gasteiger partial charge is 0.416 e. The van der Waals surface area contributed by atoms with Gasteiger partial charge in [0.25, 0.3) is 0 Å². The summed E-state index contributed by atoms with van der Waals surface area (Å²) in [6, 6.07) is 3.83. The van der Waals surface area contributed by atoms with Crippen LogP contribution in [0.2, 0.25) is 0 Å². The lowest BCUT2D eigenvalue weighted by Crippen LogP contribution is -2.48. The number of hydrogen-bond donors (Lipinski definition) is 0. The van der Waals surface area contributed by atoms with E-state index < -0.39 is 11.7 Å². The van der Waals surface area contributed by atoms with Gasteiger partial charge >= 0.3 is 6.18 Å². The van der Waals surface area contributed by atoms with Gasteiger partial charge in [0.1, 0.15) is 0 Å². The lowest BCUT2D eigenvalue weighted by Gasteiger charge is -2.42. The Balaban J connectivity index is 1.88. The van der Waals surface area contributed by atoms with Crippen molar-refractivity contribution in [2.45, 2.75) is 19.0 Å². The lowest BCUT2D eigenvalue weighted by molar-refractivity contribution is -0.137. The molecule has 2 fully saturated rings. The molecule has 2 aliphatic rings. The smallest absolute Gasteiger partial charge is 0.369 e. The third kappa shape index (κ3) is 1.94. The molecule has 1 aliphatic carbocycles. The Bertz CT molecular complexity index is 457. The van der Waals surface area contributed by atoms with Crippen molar-refractivity contribution in [2.75, 3.05) is 18.0 Å². The van der Waals surface area contributed by atoms with Crippen molar-refractivity contribution < 1.29 is 13.2 Å². The van der Waals surface area contributed by atoms with Gasteiger partial charge in [0.15, 0.2) is 0 Å². The Labute approximate surface area is 106 Å². The summed E-state index contributed by atoms with van der Waals surface area (Å²) in [6.45, 7) is 1.79. The number of rotatable bonds is 1. The molecule has 0 radical (unpaired) electrons. The molecule has 17 heavy (non-hydrogen) atoms. The zero-order valence-electron chi connectivity index (χ0n) is 9.02. The lowest BCUT2D eigenvalue weighted by atomic mass is 9.95. The summed E-state index contributed by atoms with van der Waals surface area (Å²) >= 11 is 3.32. The first-order valence-corrected chi connectivity index (χ1v) is 6.31. The Hall–Kier alpha value is -0.710. The molecule has 0 unspecified atom stereocenters. The second-order valence-electron chi connectivity index (χ2n) is 5.02. The van der Waals surface area contributed by atoms with Crippen LogP contribution in [0.4, 0.5) is 18.9 Å². The molecule has 92 valence electrons. The molecule has 1 aromatic rings. The molecule has 0 bridgehead atoms. The van der Waals surface area contributed by atoms with E-state index in [0.717, 1.165) is 23.6 Å². The third-order valence-electron chi connectivity index (χ3n) is 3.62. The normalized spacial score (nSPS) is 21.5. The highest BCUT2D eigenvalue weighted by atomic mass is 79.9. The maximum Gasteiger partial charge on any atom is 0.416 e. The van der Waals surface area contributed by atoms with Crippen LogP contribution < -0.4 is 4.90 Å². The van der Waals surface area contributed by atoms with E-state index in [4.69, 9.17) is 0 Å². The minimum absolute atomic E-state index is 0.438. The van der Waals surface area contributed by atoms with Crippen molar-refractivity contribution >= 4 is 21.6 Å². The van der Waals surface area contributed by atoms with Crippen LogP contribution in [0.25, 0.3) is 0 Å². The standard InChI is InChI=1S/C12H11BrF3N/c13-9-2-1-8(12(14,15)16)5-10(9)17-6-11(7-17)3-4-11/h1-2,5H,3-4,6-7H2. The van der Waals surface area contributed by atoms with Gasteiger partial charge in [0.2, 0.25) is 0 Å². The number of nitrogens with zero attached hydrogens (tertiary/aromatic N) is 1. The number of anilines is 1. The van der Waals surface area contributed by atoms with Gasteiger partial charge in [-0.3, -0.25) is 0 Å². The average Bonchev–Trinajstić information content (AvgIpc) is 2.94. The first kappa shape index (κ1) is 11.4. The summed E-state index contributed by atoms with van der Waals surface area (Å²) in [6.07, 6.45) is -1.82. The summed E-state index contributed by atoms with van der Waals surface area (Å²) in [7, 11) is 0. The highest BCUT2D eigenvalue weighted by molar-refractivity contribution is 9.10. The van der Waals surface area contributed by atoms with E-state index in [0.29, 0.717) is 11.1 Å². The van der Waals surface area contributed by atoms with Crippen LogP contribution in [-0.2, 0) is 6.18 Å². The van der Waals surface area contributed by atoms with Gasteiger partial charge in [0.05, 0.1) is 11.3 Å². The minimum Gasteiger partial charge on any atom is -0.369 e. The molecule has 0 atom stereocenters. The van der Waals surface area contributed by atoms with E-state index in [1.54, 1.807) is 0 Å². The number of alkyl halides is 3. The molecule has 0 N–H and O–H groups in total. The molecular formula is C12H11BrF3N. The Morgan fingerprint density at radius 1 is 1.18 bits per heavy atom. The van der Waals surface area contributed by atoms with Crippen molar-refractivity contribution in [3.05, 3.63) is 28.2 Å². The van der Waals surface area contributed by atoms with Crippen LogP contribution in [0.5, 0.6) is 0 Å². The fourth-order valence-corrected chi connectivity index (χ4v) is 2.86. The second kappa shape index (κ2) is 3.40. The zero-order valence-corrected chi connectivity index (χ0v) is 10.6. The van der Waals surface area contributed by atoms with Crippen LogP contribution >= 0.6 is 15.9 Å². The predicted molar refractivity (Wildman–Crippen MR) is 63.0 cm³/mol. The van der Waals surface area contributed by atoms with Crippen molar-refractivity contribution in [3.8, 4) is 0 Å². The summed E-state index contributed by atoms with van der Waals surface area (Å²) in [5.41, 5.74) is 0.526. The number of halogens is 4. The summed E-state index contributed by atoms with van der Waals surface area (Å²) < 4.78 is 38.6. The molecule has 1 aliphatic heterocycles. The molecule has 0 amide bonds. The first-order valence-electron chi connectivity index (χ1n) is 5.51. The van der Waals surface area contributed by atoms with E-state index in [2.05, 4.69) is 15.9 Å². The van der Waals surface area contributed by atoms with Gasteiger partial charge in [-0.2, -0.15) is 13.2 Å². The van der Waals surface area contributed by atoms with E-state index in [9.17, 15) is 13.2 Å². The van der Waals surface area contributed by atoms with Crippen LogP contribution in [0.1, 0.15) is 18.4 Å². The Kier molecular flexibility index (Phi) is 2.28. The van der Waals surface area contributed by atoms with Gasteiger partial charge in [-0.1, -0.05) is 0 Å². The van der Waals surface area contributed by atoms with E-state index in [1.807, 2.05) is 4.90 Å². The molecule has 1 aromatic carbocycles. The monoisotopic (exact) mass is 305 g/mol. The van der Waals surface area contributed by atoms with E-state index >= 15 is 0 Å². The quantitative estimate of drug-likeness (QED) is 0.756. The molecule has 1 spiro atoms. The number of benzene rings is 1. The molecule has 0 aromatic heterocycles. The van der Waals surface area contributed by atoms with Gasteiger partial charge in [-0.05, 0) is 47.0 Å². The SMILES string of the molecule is FC(F)(F)c1ccc(Br)c(N2CC3(CC3)C2)c1. The summed E-state index contributed by atoms with van der Waals surface area (Å²) in [5.74, 6) is 0. The predicted octanol–water partition coefficient (Wildman–Crippen LogP) is 4.07. The van der Waals surface area contributed by atoms with Crippen molar-refractivity contribution in [3.63, 3.8) is 0 Å². The molecule has 5 heteroatoms. The topological polar surface area (TPSA) is 3.24 Å². The average molecular weight is 306 g/mol. The van der Waals surface area contributed by atoms with Crippen molar-refractivity contribution in [1.82, 2.24) is 0 Å². The van der Waals surface area contributed by atoms with Crippen LogP contribution in [-0.4, -0.2) is 13.1 Å². The van der Waals surface area contributed by atoms with Crippen molar-refractivity contribution in [2.24, 2.45) is 5.41 Å². The Morgan fingerprint density at radius 2 is 1.82 bits per heavy atom. The minimum atomic E-state index is -4.27. The molecule has 1 nitrogen and oxygen atoms in total. The maximum absolute atomic E-state index is 12.6. The summed E-state index contributed by atoms with van der Waals surface area (Å²) in [5, 5.41) is 0. The van der Waals surface area contributed by atoms with Crippen molar-refractivity contribution in [1.29, 1.82) is 0 Å². The van der Waals surface area contributed by atoms with Crippen LogP contribution in [0, 0.1) is 5.41 Å². The van der Waals surface area contributed by atoms with Crippen LogP contribution in [0.3, 0.4) is 0 Å². The van der Waals surface area contributed by atoms with E-state index in [1.165, 1.54) is 25.0 Å². The van der Waals surface area contributed by atoms with Gasteiger partial charge in [0, 0.05) is 23.0 Å². The first-order chi connectivity index (χ1) is 7.90. The van der Waals surface area contributed by atoms with Gasteiger partial charge < -0.3 is 4.90 Å². The maximum atomic E-state index is 12.6. The second-order valence-corrected chi connectivity index (χ2v) is 5.87. The highest BCUT2D eigenvalue weighted by Gasteiger charge is 2.52.